The topological polar surface area (TPSA) is 59.9 Å². The molecule has 1 fully saturated rings. The molecule has 4 nitrogen and oxygen atoms in total. The van der Waals surface area contributed by atoms with Crippen molar-refractivity contribution in [1.29, 1.82) is 0 Å². The van der Waals surface area contributed by atoms with Gasteiger partial charge in [0, 0.05) is 16.6 Å². The van der Waals surface area contributed by atoms with Crippen molar-refractivity contribution in [3.63, 3.8) is 0 Å². The lowest BCUT2D eigenvalue weighted by Crippen LogP contribution is -2.14. The highest BCUT2D eigenvalue weighted by molar-refractivity contribution is 8.13. The minimum absolute atomic E-state index is 0.137. The van der Waals surface area contributed by atoms with Crippen molar-refractivity contribution < 1.29 is 21.6 Å². The summed E-state index contributed by atoms with van der Waals surface area (Å²) in [6, 6.07) is 0. The fourth-order valence-corrected chi connectivity index (χ4v) is 2.36. The average molecular weight is 287 g/mol. The molecule has 17 heavy (non-hydrogen) atoms. The highest BCUT2D eigenvalue weighted by Gasteiger charge is 2.39. The van der Waals surface area contributed by atoms with E-state index in [2.05, 4.69) is 9.97 Å². The first kappa shape index (κ1) is 12.6. The standard InChI is InChI=1S/C8H6ClF3N2O2S/c9-17(15,16)5-3-13-7(8(10,11)12)14-6(5)4-1-2-4/h3-4H,1-2H2. The van der Waals surface area contributed by atoms with Crippen molar-refractivity contribution in [3.05, 3.63) is 17.7 Å². The van der Waals surface area contributed by atoms with E-state index in [1.165, 1.54) is 0 Å². The van der Waals surface area contributed by atoms with Crippen molar-refractivity contribution in [2.45, 2.75) is 29.8 Å². The van der Waals surface area contributed by atoms with Gasteiger partial charge in [-0.1, -0.05) is 0 Å². The summed E-state index contributed by atoms with van der Waals surface area (Å²) in [4.78, 5) is 5.82. The van der Waals surface area contributed by atoms with Gasteiger partial charge in [-0.25, -0.2) is 18.4 Å². The Balaban J connectivity index is 2.57. The maximum Gasteiger partial charge on any atom is 0.451 e. The Morgan fingerprint density at radius 1 is 1.35 bits per heavy atom. The molecule has 1 aliphatic carbocycles. The van der Waals surface area contributed by atoms with Gasteiger partial charge in [0.05, 0.1) is 11.9 Å². The number of alkyl halides is 3. The summed E-state index contributed by atoms with van der Waals surface area (Å²) < 4.78 is 59.4. The lowest BCUT2D eigenvalue weighted by Gasteiger charge is -2.08. The van der Waals surface area contributed by atoms with Crippen LogP contribution in [0.1, 0.15) is 30.3 Å². The van der Waals surface area contributed by atoms with E-state index < -0.39 is 25.9 Å². The van der Waals surface area contributed by atoms with E-state index in [9.17, 15) is 21.6 Å². The summed E-state index contributed by atoms with van der Waals surface area (Å²) >= 11 is 0. The first-order valence-electron chi connectivity index (χ1n) is 4.58. The minimum atomic E-state index is -4.70. The summed E-state index contributed by atoms with van der Waals surface area (Å²) in [5.41, 5.74) is -0.137. The number of hydrogen-bond donors (Lipinski definition) is 0. The molecule has 0 aromatic carbocycles. The van der Waals surface area contributed by atoms with Gasteiger partial charge in [0.15, 0.2) is 0 Å². The Kier molecular flexibility index (Phi) is 2.81. The van der Waals surface area contributed by atoms with Crippen LogP contribution in [0, 0.1) is 0 Å². The van der Waals surface area contributed by atoms with Gasteiger partial charge < -0.3 is 0 Å². The average Bonchev–Trinajstić information content (AvgIpc) is 2.97. The zero-order chi connectivity index (χ0) is 12.8. The molecule has 2 rings (SSSR count). The minimum Gasteiger partial charge on any atom is -0.232 e. The Bertz CT molecular complexity index is 554. The second-order valence-electron chi connectivity index (χ2n) is 3.65. The largest absolute Gasteiger partial charge is 0.451 e. The quantitative estimate of drug-likeness (QED) is 0.783. The highest BCUT2D eigenvalue weighted by Crippen LogP contribution is 2.43. The lowest BCUT2D eigenvalue weighted by atomic mass is 10.3. The first-order chi connectivity index (χ1) is 7.69. The van der Waals surface area contributed by atoms with Gasteiger partial charge in [-0.05, 0) is 12.8 Å². The van der Waals surface area contributed by atoms with E-state index >= 15 is 0 Å². The van der Waals surface area contributed by atoms with Gasteiger partial charge in [-0.3, -0.25) is 0 Å². The van der Waals surface area contributed by atoms with Gasteiger partial charge >= 0.3 is 6.18 Å². The van der Waals surface area contributed by atoms with Crippen LogP contribution >= 0.6 is 10.7 Å². The van der Waals surface area contributed by atoms with Crippen molar-refractivity contribution >= 4 is 19.7 Å². The van der Waals surface area contributed by atoms with Crippen LogP contribution in [0.25, 0.3) is 0 Å². The van der Waals surface area contributed by atoms with Crippen molar-refractivity contribution in [1.82, 2.24) is 9.97 Å². The van der Waals surface area contributed by atoms with Crippen LogP contribution in [0.4, 0.5) is 13.2 Å². The fourth-order valence-electron chi connectivity index (χ4n) is 1.36. The molecule has 0 atom stereocenters. The van der Waals surface area contributed by atoms with E-state index in [1.807, 2.05) is 0 Å². The molecule has 0 spiro atoms. The normalized spacial score (nSPS) is 17.2. The van der Waals surface area contributed by atoms with Crippen LogP contribution in [-0.4, -0.2) is 18.4 Å². The molecule has 9 heteroatoms. The van der Waals surface area contributed by atoms with Crippen molar-refractivity contribution in [3.8, 4) is 0 Å². The molecule has 0 aliphatic heterocycles. The molecule has 1 saturated carbocycles. The predicted octanol–water partition coefficient (Wildman–Crippen LogP) is 2.30. The summed E-state index contributed by atoms with van der Waals surface area (Å²) in [7, 11) is 0.992. The maximum atomic E-state index is 12.4. The van der Waals surface area contributed by atoms with Crippen LogP contribution in [0.15, 0.2) is 11.1 Å². The molecule has 0 N–H and O–H groups in total. The number of nitrogens with zero attached hydrogens (tertiary/aromatic N) is 2. The zero-order valence-corrected chi connectivity index (χ0v) is 9.77. The first-order valence-corrected chi connectivity index (χ1v) is 6.89. The van der Waals surface area contributed by atoms with Gasteiger partial charge in [-0.2, -0.15) is 13.2 Å². The predicted molar refractivity (Wildman–Crippen MR) is 52.0 cm³/mol. The van der Waals surface area contributed by atoms with Gasteiger partial charge in [0.2, 0.25) is 5.82 Å². The van der Waals surface area contributed by atoms with Crippen molar-refractivity contribution in [2.75, 3.05) is 0 Å². The number of rotatable bonds is 2. The highest BCUT2D eigenvalue weighted by atomic mass is 35.7. The van der Waals surface area contributed by atoms with E-state index in [0.717, 1.165) is 0 Å². The van der Waals surface area contributed by atoms with Crippen LogP contribution in [-0.2, 0) is 15.2 Å². The molecule has 0 bridgehead atoms. The molecule has 0 unspecified atom stereocenters. The van der Waals surface area contributed by atoms with Gasteiger partial charge in [0.25, 0.3) is 9.05 Å². The number of halogens is 4. The Morgan fingerprint density at radius 2 is 1.94 bits per heavy atom. The lowest BCUT2D eigenvalue weighted by molar-refractivity contribution is -0.145. The third-order valence-electron chi connectivity index (χ3n) is 2.26. The van der Waals surface area contributed by atoms with E-state index in [4.69, 9.17) is 10.7 Å². The van der Waals surface area contributed by atoms with Crippen LogP contribution in [0.3, 0.4) is 0 Å². The second kappa shape index (κ2) is 3.81. The van der Waals surface area contributed by atoms with Gasteiger partial charge in [0.1, 0.15) is 4.90 Å². The van der Waals surface area contributed by atoms with E-state index in [0.29, 0.717) is 19.0 Å². The third kappa shape index (κ3) is 2.68. The molecule has 0 radical (unpaired) electrons. The smallest absolute Gasteiger partial charge is 0.232 e. The zero-order valence-electron chi connectivity index (χ0n) is 8.20. The Morgan fingerprint density at radius 3 is 2.35 bits per heavy atom. The number of aromatic nitrogens is 2. The van der Waals surface area contributed by atoms with Gasteiger partial charge in [-0.15, -0.1) is 0 Å². The molecule has 94 valence electrons. The fraction of sp³-hybridized carbons (Fsp3) is 0.500. The molecule has 1 aromatic rings. The number of hydrogen-bond acceptors (Lipinski definition) is 4. The molecule has 1 aliphatic rings. The molecule has 0 amide bonds. The van der Waals surface area contributed by atoms with Crippen LogP contribution in [0.2, 0.25) is 0 Å². The van der Waals surface area contributed by atoms with E-state index in [-0.39, 0.29) is 11.6 Å². The summed E-state index contributed by atoms with van der Waals surface area (Å²) in [6.45, 7) is 0. The van der Waals surface area contributed by atoms with Crippen LogP contribution < -0.4 is 0 Å². The molecule has 0 saturated heterocycles. The summed E-state index contributed by atoms with van der Waals surface area (Å²) in [5.74, 6) is -1.62. The molecular weight excluding hydrogens is 281 g/mol. The second-order valence-corrected chi connectivity index (χ2v) is 6.19. The molecule has 1 heterocycles. The molecule has 1 aromatic heterocycles. The third-order valence-corrected chi connectivity index (χ3v) is 3.60. The molecular formula is C8H6ClF3N2O2S. The van der Waals surface area contributed by atoms with E-state index in [1.54, 1.807) is 0 Å². The Hall–Kier alpha value is -0.890. The maximum absolute atomic E-state index is 12.4. The SMILES string of the molecule is O=S(=O)(Cl)c1cnc(C(F)(F)F)nc1C1CC1. The summed E-state index contributed by atoms with van der Waals surface area (Å²) in [5, 5.41) is 0. The van der Waals surface area contributed by atoms with Crippen LogP contribution in [0.5, 0.6) is 0 Å². The summed E-state index contributed by atoms with van der Waals surface area (Å²) in [6.07, 6.45) is -2.87. The van der Waals surface area contributed by atoms with Crippen molar-refractivity contribution in [2.24, 2.45) is 0 Å². The Labute approximate surface area is 99.3 Å². The monoisotopic (exact) mass is 286 g/mol.